The summed E-state index contributed by atoms with van der Waals surface area (Å²) in [5.74, 6) is 0.900. The Morgan fingerprint density at radius 2 is 1.82 bits per heavy atom. The van der Waals surface area contributed by atoms with E-state index in [1.54, 1.807) is 6.92 Å². The summed E-state index contributed by atoms with van der Waals surface area (Å²) in [5, 5.41) is 2.89. The Morgan fingerprint density at radius 3 is 2.39 bits per heavy atom. The molecule has 1 aliphatic rings. The Bertz CT molecular complexity index is 621. The fraction of sp³-hybridized carbons (Fsp3) is 0.636. The fourth-order valence-electron chi connectivity index (χ4n) is 3.96. The van der Waals surface area contributed by atoms with Gasteiger partial charge in [-0.1, -0.05) is 57.5 Å². The third-order valence-corrected chi connectivity index (χ3v) is 5.65. The molecule has 28 heavy (non-hydrogen) atoms. The molecule has 0 saturated heterocycles. The van der Waals surface area contributed by atoms with E-state index in [1.165, 1.54) is 6.42 Å². The number of nitrogens with one attached hydrogen (secondary N) is 1. The minimum absolute atomic E-state index is 0. The molecule has 5 atom stereocenters. The summed E-state index contributed by atoms with van der Waals surface area (Å²) in [6, 6.07) is 8.54. The molecule has 0 aliphatic heterocycles. The number of rotatable bonds is 7. The molecule has 1 aromatic rings. The monoisotopic (exact) mass is 410 g/mol. The van der Waals surface area contributed by atoms with Crippen LogP contribution in [0.25, 0.3) is 0 Å². The van der Waals surface area contributed by atoms with Gasteiger partial charge in [-0.3, -0.25) is 9.59 Å². The summed E-state index contributed by atoms with van der Waals surface area (Å²) in [6.07, 6.45) is 3.12. The van der Waals surface area contributed by atoms with Crippen molar-refractivity contribution in [1.29, 1.82) is 0 Å². The van der Waals surface area contributed by atoms with Crippen molar-refractivity contribution in [3.63, 3.8) is 0 Å². The first-order valence-corrected chi connectivity index (χ1v) is 10.1. The molecule has 0 bridgehead atoms. The van der Waals surface area contributed by atoms with E-state index in [-0.39, 0.29) is 36.8 Å². The average Bonchev–Trinajstić information content (AvgIpc) is 2.64. The van der Waals surface area contributed by atoms with Crippen molar-refractivity contribution in [2.24, 2.45) is 29.4 Å². The van der Waals surface area contributed by atoms with Gasteiger partial charge in [-0.15, -0.1) is 12.4 Å². The summed E-state index contributed by atoms with van der Waals surface area (Å²) in [5.41, 5.74) is 6.58. The van der Waals surface area contributed by atoms with Gasteiger partial charge in [-0.05, 0) is 43.1 Å². The van der Waals surface area contributed by atoms with Crippen LogP contribution in [0.15, 0.2) is 30.3 Å². The topological polar surface area (TPSA) is 81.4 Å². The number of ether oxygens (including phenoxy) is 1. The number of halogens is 1. The second kappa shape index (κ2) is 11.4. The molecule has 5 nitrogen and oxygen atoms in total. The normalized spacial score (nSPS) is 24.0. The highest BCUT2D eigenvalue weighted by atomic mass is 35.5. The molecule has 0 heterocycles. The predicted octanol–water partition coefficient (Wildman–Crippen LogP) is 3.86. The van der Waals surface area contributed by atoms with Crippen LogP contribution >= 0.6 is 12.4 Å². The van der Waals surface area contributed by atoms with Crippen LogP contribution in [0.5, 0.6) is 0 Å². The van der Waals surface area contributed by atoms with Crippen LogP contribution < -0.4 is 11.1 Å². The van der Waals surface area contributed by atoms with Crippen LogP contribution in [-0.4, -0.2) is 24.5 Å². The highest BCUT2D eigenvalue weighted by Crippen LogP contribution is 2.38. The molecule has 3 N–H and O–H groups in total. The molecule has 1 saturated carbocycles. The van der Waals surface area contributed by atoms with E-state index in [1.807, 2.05) is 30.3 Å². The number of hydrogen-bond acceptors (Lipinski definition) is 4. The van der Waals surface area contributed by atoms with Crippen LogP contribution in [0.3, 0.4) is 0 Å². The van der Waals surface area contributed by atoms with Gasteiger partial charge in [-0.25, -0.2) is 0 Å². The third-order valence-electron chi connectivity index (χ3n) is 5.65. The van der Waals surface area contributed by atoms with Crippen molar-refractivity contribution in [1.82, 2.24) is 5.32 Å². The van der Waals surface area contributed by atoms with Gasteiger partial charge in [0.15, 0.2) is 0 Å². The van der Waals surface area contributed by atoms with Crippen molar-refractivity contribution in [2.75, 3.05) is 6.61 Å². The van der Waals surface area contributed by atoms with Crippen LogP contribution in [0.4, 0.5) is 0 Å². The lowest BCUT2D eigenvalue weighted by molar-refractivity contribution is -0.154. The molecule has 158 valence electrons. The summed E-state index contributed by atoms with van der Waals surface area (Å²) in [7, 11) is 0. The molecule has 0 aromatic heterocycles. The molecule has 1 amide bonds. The Balaban J connectivity index is 0.00000392. The van der Waals surface area contributed by atoms with Crippen molar-refractivity contribution in [2.45, 2.75) is 59.0 Å². The number of benzene rings is 1. The molecular weight excluding hydrogens is 376 g/mol. The van der Waals surface area contributed by atoms with Crippen LogP contribution in [0, 0.1) is 23.7 Å². The lowest BCUT2D eigenvalue weighted by Crippen LogP contribution is -2.42. The standard InChI is InChI=1S/C22H34N2O3.ClH/c1-14(2)18-11-10-15(3)12-19(18)22(26)27-13-20(24-21(25)16(4)23)17-8-6-5-7-9-17;/h5-9,14-16,18-20H,10-13,23H2,1-4H3,(H,24,25);1H/t15-,16-,18+,19-,20-;/m1./s1. The van der Waals surface area contributed by atoms with E-state index in [4.69, 9.17) is 10.5 Å². The number of carbonyl (C=O) groups excluding carboxylic acids is 2. The zero-order valence-electron chi connectivity index (χ0n) is 17.4. The molecule has 2 rings (SSSR count). The summed E-state index contributed by atoms with van der Waals surface area (Å²) in [6.45, 7) is 8.32. The van der Waals surface area contributed by atoms with E-state index >= 15 is 0 Å². The number of nitrogens with two attached hydrogens (primary N) is 1. The fourth-order valence-corrected chi connectivity index (χ4v) is 3.96. The number of esters is 1. The highest BCUT2D eigenvalue weighted by molar-refractivity contribution is 5.85. The molecular formula is C22H35ClN2O3. The lowest BCUT2D eigenvalue weighted by atomic mass is 9.70. The van der Waals surface area contributed by atoms with Crippen LogP contribution in [0.2, 0.25) is 0 Å². The van der Waals surface area contributed by atoms with E-state index < -0.39 is 12.1 Å². The third kappa shape index (κ3) is 6.78. The molecule has 0 radical (unpaired) electrons. The van der Waals surface area contributed by atoms with E-state index in [2.05, 4.69) is 26.1 Å². The first-order valence-electron chi connectivity index (χ1n) is 10.1. The molecule has 1 fully saturated rings. The maximum atomic E-state index is 12.9. The van der Waals surface area contributed by atoms with E-state index in [9.17, 15) is 9.59 Å². The lowest BCUT2D eigenvalue weighted by Gasteiger charge is -2.36. The van der Waals surface area contributed by atoms with Gasteiger partial charge in [0.05, 0.1) is 18.0 Å². The zero-order chi connectivity index (χ0) is 20.0. The molecule has 0 spiro atoms. The first kappa shape index (κ1) is 24.4. The smallest absolute Gasteiger partial charge is 0.309 e. The number of amides is 1. The van der Waals surface area contributed by atoms with Gasteiger partial charge in [-0.2, -0.15) is 0 Å². The minimum Gasteiger partial charge on any atom is -0.463 e. The van der Waals surface area contributed by atoms with Crippen LogP contribution in [-0.2, 0) is 14.3 Å². The maximum absolute atomic E-state index is 12.9. The van der Waals surface area contributed by atoms with Gasteiger partial charge in [0.25, 0.3) is 0 Å². The molecule has 6 heteroatoms. The Labute approximate surface area is 175 Å². The molecule has 1 aliphatic carbocycles. The zero-order valence-corrected chi connectivity index (χ0v) is 18.2. The van der Waals surface area contributed by atoms with Gasteiger partial charge in [0, 0.05) is 0 Å². The number of carbonyl (C=O) groups is 2. The second-order valence-corrected chi connectivity index (χ2v) is 8.32. The van der Waals surface area contributed by atoms with Gasteiger partial charge in [0.2, 0.25) is 5.91 Å². The predicted molar refractivity (Wildman–Crippen MR) is 114 cm³/mol. The van der Waals surface area contributed by atoms with Crippen molar-refractivity contribution >= 4 is 24.3 Å². The summed E-state index contributed by atoms with van der Waals surface area (Å²) in [4.78, 5) is 24.9. The van der Waals surface area contributed by atoms with Crippen LogP contribution in [0.1, 0.15) is 58.6 Å². The SMILES string of the molecule is CC(C)[C@@H]1CC[C@@H](C)C[C@H]1C(=O)OC[C@@H](NC(=O)[C@@H](C)N)c1ccccc1.Cl. The first-order chi connectivity index (χ1) is 12.8. The number of hydrogen-bond donors (Lipinski definition) is 2. The molecule has 1 aromatic carbocycles. The van der Waals surface area contributed by atoms with Crippen molar-refractivity contribution in [3.05, 3.63) is 35.9 Å². The Hall–Kier alpha value is -1.59. The summed E-state index contributed by atoms with van der Waals surface area (Å²) >= 11 is 0. The Kier molecular flexibility index (Phi) is 9.97. The van der Waals surface area contributed by atoms with Crippen molar-refractivity contribution in [3.8, 4) is 0 Å². The van der Waals surface area contributed by atoms with Crippen molar-refractivity contribution < 1.29 is 14.3 Å². The van der Waals surface area contributed by atoms with E-state index in [0.717, 1.165) is 18.4 Å². The van der Waals surface area contributed by atoms with Gasteiger partial charge < -0.3 is 15.8 Å². The highest BCUT2D eigenvalue weighted by Gasteiger charge is 2.36. The van der Waals surface area contributed by atoms with Gasteiger partial charge >= 0.3 is 5.97 Å². The Morgan fingerprint density at radius 1 is 1.18 bits per heavy atom. The average molecular weight is 411 g/mol. The molecule has 0 unspecified atom stereocenters. The second-order valence-electron chi connectivity index (χ2n) is 8.32. The largest absolute Gasteiger partial charge is 0.463 e. The van der Waals surface area contributed by atoms with E-state index in [0.29, 0.717) is 17.8 Å². The minimum atomic E-state index is -0.614. The quantitative estimate of drug-likeness (QED) is 0.668. The van der Waals surface area contributed by atoms with Gasteiger partial charge in [0.1, 0.15) is 6.61 Å². The summed E-state index contributed by atoms with van der Waals surface area (Å²) < 4.78 is 5.71. The maximum Gasteiger partial charge on any atom is 0.309 e.